The Bertz CT molecular complexity index is 5250. The highest BCUT2D eigenvalue weighted by atomic mass is 32.2. The summed E-state index contributed by atoms with van der Waals surface area (Å²) in [6.45, 7) is 4.69. The molecule has 6 aromatic carbocycles. The standard InChI is InChI=1S/C26H26N4O7S.C25H25N5O5.C22H21N5O3/c1-4-36-25(32)21-22(27-14-17-10-12-19(35-2)13-11-17)20-15-28-26(38(3,33)34)29-23(20)30(24(21)31)37-16-18-8-6-5-7-9-18;1-3-34-24(32)20-21(27-13-16-9-11-18(33-2)12-10-16)19-14-28-25(26)29-22(19)30(23(20)31)35-15-17-7-5-4-6-8-17;1-29-17-9-7-15(8-10-17)12-24-19-11-20(28)27(21-18(19)13-25-22(23)26-21)30-14-16-5-3-2-4-6-16/h5-13,15,27H,4,14,16H2,1-3H3;4-12,14,27H,3,13,15H2,1-2H3,(H2,26,28,29);2-11,13,24H,12,14H2,1H3,(H2,23,25,26). The average molecular weight is 1420 g/mol. The number of rotatable bonds is 26. The van der Waals surface area contributed by atoms with Crippen LogP contribution in [-0.4, -0.2) is 105 Å². The van der Waals surface area contributed by atoms with Gasteiger partial charge in [-0.05, 0) is 83.6 Å². The van der Waals surface area contributed by atoms with Gasteiger partial charge in [-0.15, -0.1) is 14.2 Å². The smallest absolute Gasteiger partial charge is 0.346 e. The van der Waals surface area contributed by atoms with Gasteiger partial charge >= 0.3 is 23.1 Å². The number of sulfone groups is 1. The molecule has 7 N–H and O–H groups in total. The number of esters is 2. The van der Waals surface area contributed by atoms with Gasteiger partial charge in [0.05, 0.1) is 67.8 Å². The number of methoxy groups -OCH3 is 3. The predicted molar refractivity (Wildman–Crippen MR) is 386 cm³/mol. The second kappa shape index (κ2) is 34.1. The third kappa shape index (κ3) is 18.2. The van der Waals surface area contributed by atoms with Gasteiger partial charge in [-0.1, -0.05) is 127 Å². The fourth-order valence-corrected chi connectivity index (χ4v) is 10.7. The average Bonchev–Trinajstić information content (AvgIpc) is 0.762. The molecular weight excluding hydrogens is 1340 g/mol. The van der Waals surface area contributed by atoms with Crippen LogP contribution in [0.5, 0.6) is 17.2 Å². The van der Waals surface area contributed by atoms with Gasteiger partial charge in [0.25, 0.3) is 5.56 Å². The summed E-state index contributed by atoms with van der Waals surface area (Å²) >= 11 is 0. The van der Waals surface area contributed by atoms with Gasteiger partial charge in [0.1, 0.15) is 37.1 Å². The SMILES string of the molecule is CCOC(=O)c1c(NCc2ccc(OC)cc2)c2cnc(N)nc2n(OCc2ccccc2)c1=O.CCOC(=O)c1c(NCc2ccc(OC)cc2)c2cnc(S(C)(=O)=O)nc2n(OCc2ccccc2)c1=O.COc1ccc(CNc2cc(=O)n(OCc3ccccc3)c3nc(N)ncc23)cc1. The summed E-state index contributed by atoms with van der Waals surface area (Å²) in [4.78, 5) is 108. The quantitative estimate of drug-likeness (QED) is 0.0253. The summed E-state index contributed by atoms with van der Waals surface area (Å²) < 4.78 is 53.3. The third-order valence-corrected chi connectivity index (χ3v) is 16.2. The number of carbonyl (C=O) groups is 2. The molecule has 0 aliphatic carbocycles. The molecule has 0 aliphatic heterocycles. The first-order valence-corrected chi connectivity index (χ1v) is 33.8. The van der Waals surface area contributed by atoms with Gasteiger partial charge in [-0.25, -0.2) is 33.0 Å². The van der Waals surface area contributed by atoms with E-state index in [2.05, 4.69) is 45.9 Å². The van der Waals surface area contributed by atoms with E-state index in [-0.39, 0.29) is 96.2 Å². The molecule has 29 nitrogen and oxygen atoms in total. The van der Waals surface area contributed by atoms with Crippen LogP contribution in [0.2, 0.25) is 0 Å². The minimum atomic E-state index is -3.82. The van der Waals surface area contributed by atoms with Crippen LogP contribution in [0.3, 0.4) is 0 Å². The maximum absolute atomic E-state index is 13.7. The van der Waals surface area contributed by atoms with E-state index in [9.17, 15) is 32.4 Å². The van der Waals surface area contributed by atoms with Gasteiger partial charge in [-0.3, -0.25) is 14.4 Å². The second-order valence-corrected chi connectivity index (χ2v) is 24.2. The molecule has 0 saturated heterocycles. The number of aromatic nitrogens is 9. The van der Waals surface area contributed by atoms with E-state index in [4.69, 9.17) is 49.7 Å². The highest BCUT2D eigenvalue weighted by Gasteiger charge is 2.29. The molecule has 0 bridgehead atoms. The number of ether oxygens (including phenoxy) is 5. The number of pyridine rings is 3. The van der Waals surface area contributed by atoms with Gasteiger partial charge in [0.2, 0.25) is 26.9 Å². The Balaban J connectivity index is 0.000000167. The van der Waals surface area contributed by atoms with Gasteiger partial charge in [0, 0.05) is 50.5 Å². The number of fused-ring (bicyclic) bond motifs is 3. The molecule has 0 saturated carbocycles. The predicted octanol–water partition coefficient (Wildman–Crippen LogP) is 8.04. The van der Waals surface area contributed by atoms with E-state index in [0.717, 1.165) is 59.6 Å². The number of hydrogen-bond acceptors (Lipinski definition) is 26. The summed E-state index contributed by atoms with van der Waals surface area (Å²) in [6, 6.07) is 51.6. The maximum Gasteiger partial charge on any atom is 0.346 e. The summed E-state index contributed by atoms with van der Waals surface area (Å²) in [5.74, 6) is 0.530. The van der Waals surface area contributed by atoms with Crippen molar-refractivity contribution in [2.75, 3.05) is 68.2 Å². The summed E-state index contributed by atoms with van der Waals surface area (Å²) in [5.41, 5.74) is 15.6. The van der Waals surface area contributed by atoms with Crippen molar-refractivity contribution in [2.24, 2.45) is 0 Å². The van der Waals surface area contributed by atoms with Crippen LogP contribution >= 0.6 is 0 Å². The molecule has 6 aromatic heterocycles. The molecule has 12 rings (SSSR count). The van der Waals surface area contributed by atoms with Gasteiger partial charge in [0.15, 0.2) is 28.1 Å². The zero-order valence-electron chi connectivity index (χ0n) is 56.8. The lowest BCUT2D eigenvalue weighted by molar-refractivity contribution is 0.0504. The van der Waals surface area contributed by atoms with Crippen molar-refractivity contribution in [1.82, 2.24) is 44.1 Å². The minimum Gasteiger partial charge on any atom is -0.497 e. The third-order valence-electron chi connectivity index (χ3n) is 15.3. The fourth-order valence-electron chi connectivity index (χ4n) is 10.2. The van der Waals surface area contributed by atoms with E-state index in [1.54, 1.807) is 77.8 Å². The van der Waals surface area contributed by atoms with Crippen LogP contribution in [0.4, 0.5) is 29.0 Å². The van der Waals surface area contributed by atoms with Crippen LogP contribution in [-0.2, 0) is 58.8 Å². The Morgan fingerprint density at radius 2 is 0.796 bits per heavy atom. The Morgan fingerprint density at radius 3 is 1.17 bits per heavy atom. The number of carbonyl (C=O) groups excluding carboxylic acids is 2. The van der Waals surface area contributed by atoms with E-state index in [1.807, 2.05) is 127 Å². The molecular formula is C73H72N14O15S. The zero-order chi connectivity index (χ0) is 73.0. The lowest BCUT2D eigenvalue weighted by Gasteiger charge is -2.18. The minimum absolute atomic E-state index is 0.0304. The summed E-state index contributed by atoms with van der Waals surface area (Å²) in [7, 11) is 0.956. The molecule has 0 radical (unpaired) electrons. The van der Waals surface area contributed by atoms with E-state index < -0.39 is 38.1 Å². The Kier molecular flexibility index (Phi) is 24.0. The van der Waals surface area contributed by atoms with E-state index >= 15 is 0 Å². The first-order chi connectivity index (χ1) is 49.9. The molecule has 0 atom stereocenters. The number of nitrogens with two attached hydrogens (primary N) is 2. The summed E-state index contributed by atoms with van der Waals surface area (Å²) in [5, 5.41) is 10.3. The monoisotopic (exact) mass is 1420 g/mol. The van der Waals surface area contributed by atoms with Crippen LogP contribution in [0.1, 0.15) is 67.9 Å². The van der Waals surface area contributed by atoms with Crippen LogP contribution < -0.4 is 72.8 Å². The fraction of sp³-hybridized carbons (Fsp3) is 0.192. The lowest BCUT2D eigenvalue weighted by atomic mass is 10.1. The van der Waals surface area contributed by atoms with Gasteiger partial charge in [-0.2, -0.15) is 15.0 Å². The first-order valence-electron chi connectivity index (χ1n) is 31.9. The van der Waals surface area contributed by atoms with Crippen molar-refractivity contribution in [3.05, 3.63) is 264 Å². The maximum atomic E-state index is 13.7. The van der Waals surface area contributed by atoms with Crippen molar-refractivity contribution >= 4 is 83.8 Å². The number of hydrogen-bond donors (Lipinski definition) is 5. The number of benzene rings is 6. The molecule has 30 heteroatoms. The normalized spacial score (nSPS) is 10.9. The zero-order valence-corrected chi connectivity index (χ0v) is 57.6. The molecule has 530 valence electrons. The molecule has 0 unspecified atom stereocenters. The molecule has 0 spiro atoms. The number of nitrogen functional groups attached to an aromatic ring is 2. The Labute approximate surface area is 589 Å². The topological polar surface area (TPSA) is 374 Å². The largest absolute Gasteiger partial charge is 0.497 e. The van der Waals surface area contributed by atoms with Crippen LogP contribution in [0, 0.1) is 0 Å². The summed E-state index contributed by atoms with van der Waals surface area (Å²) in [6.07, 6.45) is 5.21. The molecule has 6 heterocycles. The van der Waals surface area contributed by atoms with Crippen molar-refractivity contribution in [3.8, 4) is 17.2 Å². The highest BCUT2D eigenvalue weighted by molar-refractivity contribution is 7.90. The van der Waals surface area contributed by atoms with Crippen LogP contribution in [0.15, 0.2) is 208 Å². The van der Waals surface area contributed by atoms with Gasteiger partial charge < -0.3 is 65.6 Å². The molecule has 0 aliphatic rings. The highest BCUT2D eigenvalue weighted by Crippen LogP contribution is 2.29. The lowest BCUT2D eigenvalue weighted by Crippen LogP contribution is -2.34. The van der Waals surface area contributed by atoms with Crippen molar-refractivity contribution in [3.63, 3.8) is 0 Å². The van der Waals surface area contributed by atoms with E-state index in [1.165, 1.54) is 18.5 Å². The van der Waals surface area contributed by atoms with Crippen molar-refractivity contribution in [2.45, 2.75) is 58.5 Å². The van der Waals surface area contributed by atoms with E-state index in [0.29, 0.717) is 46.7 Å². The molecule has 103 heavy (non-hydrogen) atoms. The van der Waals surface area contributed by atoms with Crippen LogP contribution in [0.25, 0.3) is 33.1 Å². The van der Waals surface area contributed by atoms with Crippen molar-refractivity contribution < 1.29 is 56.2 Å². The molecule has 0 amide bonds. The Morgan fingerprint density at radius 1 is 0.447 bits per heavy atom. The molecule has 12 aromatic rings. The number of nitrogens with one attached hydrogen (secondary N) is 3. The second-order valence-electron chi connectivity index (χ2n) is 22.3. The first kappa shape index (κ1) is 72.6. The Hall–Kier alpha value is -13.1. The van der Waals surface area contributed by atoms with Crippen molar-refractivity contribution in [1.29, 1.82) is 0 Å². The molecule has 0 fully saturated rings. The number of nitrogens with zero attached hydrogens (tertiary/aromatic N) is 9. The number of anilines is 5.